The predicted octanol–water partition coefficient (Wildman–Crippen LogP) is 3.32. The third-order valence-corrected chi connectivity index (χ3v) is 6.56. The van der Waals surface area contributed by atoms with Crippen molar-refractivity contribution in [2.75, 3.05) is 13.1 Å². The summed E-state index contributed by atoms with van der Waals surface area (Å²) in [6, 6.07) is 14.9. The SMILES string of the molecule is O=C1NCCCC1N(C/C=C/c1ccccc1)S(=O)(=O)c1ccc(Cl)cc1. The van der Waals surface area contributed by atoms with Crippen LogP contribution in [0.3, 0.4) is 0 Å². The Morgan fingerprint density at radius 2 is 1.81 bits per heavy atom. The number of carbonyl (C=O) groups is 1. The number of rotatable bonds is 6. The minimum atomic E-state index is -3.84. The molecule has 1 amide bonds. The number of amides is 1. The van der Waals surface area contributed by atoms with E-state index in [4.69, 9.17) is 11.6 Å². The Bertz CT molecular complexity index is 912. The Balaban J connectivity index is 1.90. The monoisotopic (exact) mass is 404 g/mol. The largest absolute Gasteiger partial charge is 0.355 e. The number of hydrogen-bond acceptors (Lipinski definition) is 3. The van der Waals surface area contributed by atoms with Gasteiger partial charge in [-0.25, -0.2) is 8.42 Å². The van der Waals surface area contributed by atoms with Gasteiger partial charge in [0.1, 0.15) is 6.04 Å². The summed E-state index contributed by atoms with van der Waals surface area (Å²) in [5.41, 5.74) is 0.967. The van der Waals surface area contributed by atoms with Crippen LogP contribution in [0.15, 0.2) is 65.6 Å². The molecule has 1 aliphatic rings. The maximum Gasteiger partial charge on any atom is 0.244 e. The van der Waals surface area contributed by atoms with Crippen molar-refractivity contribution in [3.8, 4) is 0 Å². The van der Waals surface area contributed by atoms with Gasteiger partial charge in [-0.2, -0.15) is 4.31 Å². The first-order chi connectivity index (χ1) is 13.0. The van der Waals surface area contributed by atoms with Crippen LogP contribution in [0.1, 0.15) is 18.4 Å². The summed E-state index contributed by atoms with van der Waals surface area (Å²) in [6.07, 6.45) is 4.86. The van der Waals surface area contributed by atoms with Crippen molar-refractivity contribution in [2.45, 2.75) is 23.8 Å². The van der Waals surface area contributed by atoms with Crippen LogP contribution in [0, 0.1) is 0 Å². The molecule has 1 atom stereocenters. The van der Waals surface area contributed by atoms with Crippen LogP contribution in [-0.2, 0) is 14.8 Å². The molecule has 0 saturated carbocycles. The number of carbonyl (C=O) groups excluding carboxylic acids is 1. The Labute approximate surface area is 164 Å². The minimum absolute atomic E-state index is 0.109. The number of hydrogen-bond donors (Lipinski definition) is 1. The third-order valence-electron chi connectivity index (χ3n) is 4.42. The van der Waals surface area contributed by atoms with Crippen molar-refractivity contribution in [3.63, 3.8) is 0 Å². The second-order valence-electron chi connectivity index (χ2n) is 6.29. The molecule has 7 heteroatoms. The Morgan fingerprint density at radius 3 is 2.48 bits per heavy atom. The molecule has 27 heavy (non-hydrogen) atoms. The van der Waals surface area contributed by atoms with Gasteiger partial charge in [-0.3, -0.25) is 4.79 Å². The lowest BCUT2D eigenvalue weighted by Crippen LogP contribution is -2.52. The zero-order chi connectivity index (χ0) is 19.3. The molecule has 0 aliphatic carbocycles. The number of piperidine rings is 1. The van der Waals surface area contributed by atoms with E-state index in [0.29, 0.717) is 18.0 Å². The third kappa shape index (κ3) is 4.77. The lowest BCUT2D eigenvalue weighted by Gasteiger charge is -2.32. The first kappa shape index (κ1) is 19.6. The van der Waals surface area contributed by atoms with Crippen LogP contribution in [0.4, 0.5) is 0 Å². The van der Waals surface area contributed by atoms with Gasteiger partial charge in [-0.1, -0.05) is 54.1 Å². The number of nitrogens with zero attached hydrogens (tertiary/aromatic N) is 1. The molecule has 2 aromatic carbocycles. The van der Waals surface area contributed by atoms with Gasteiger partial charge in [0.25, 0.3) is 0 Å². The highest BCUT2D eigenvalue weighted by atomic mass is 35.5. The van der Waals surface area contributed by atoms with E-state index in [1.54, 1.807) is 6.08 Å². The summed E-state index contributed by atoms with van der Waals surface area (Å²) in [5, 5.41) is 3.22. The Kier molecular flexibility index (Phi) is 6.31. The molecule has 0 bridgehead atoms. The van der Waals surface area contributed by atoms with Crippen molar-refractivity contribution in [2.24, 2.45) is 0 Å². The summed E-state index contributed by atoms with van der Waals surface area (Å²) in [7, 11) is -3.84. The zero-order valence-corrected chi connectivity index (χ0v) is 16.3. The van der Waals surface area contributed by atoms with E-state index in [2.05, 4.69) is 5.32 Å². The minimum Gasteiger partial charge on any atom is -0.355 e. The van der Waals surface area contributed by atoms with Crippen molar-refractivity contribution < 1.29 is 13.2 Å². The van der Waals surface area contributed by atoms with E-state index in [0.717, 1.165) is 12.0 Å². The molecule has 3 rings (SSSR count). The summed E-state index contributed by atoms with van der Waals surface area (Å²) >= 11 is 5.88. The van der Waals surface area contributed by atoms with Crippen LogP contribution in [0.5, 0.6) is 0 Å². The van der Waals surface area contributed by atoms with Crippen LogP contribution in [0.2, 0.25) is 5.02 Å². The van der Waals surface area contributed by atoms with Crippen molar-refractivity contribution in [1.82, 2.24) is 9.62 Å². The van der Waals surface area contributed by atoms with Gasteiger partial charge in [-0.05, 0) is 42.7 Å². The molecule has 5 nitrogen and oxygen atoms in total. The molecule has 1 aliphatic heterocycles. The molecule has 0 spiro atoms. The number of halogens is 1. The molecule has 1 heterocycles. The fourth-order valence-corrected chi connectivity index (χ4v) is 4.72. The number of benzene rings is 2. The lowest BCUT2D eigenvalue weighted by atomic mass is 10.1. The van der Waals surface area contributed by atoms with Gasteiger partial charge < -0.3 is 5.32 Å². The van der Waals surface area contributed by atoms with Gasteiger partial charge in [0.15, 0.2) is 0 Å². The van der Waals surface area contributed by atoms with Crippen LogP contribution in [-0.4, -0.2) is 37.8 Å². The van der Waals surface area contributed by atoms with E-state index in [9.17, 15) is 13.2 Å². The maximum atomic E-state index is 13.2. The second-order valence-corrected chi connectivity index (χ2v) is 8.62. The topological polar surface area (TPSA) is 66.5 Å². The van der Waals surface area contributed by atoms with Crippen molar-refractivity contribution >= 4 is 33.6 Å². The lowest BCUT2D eigenvalue weighted by molar-refractivity contribution is -0.126. The average Bonchev–Trinajstić information content (AvgIpc) is 2.67. The second kappa shape index (κ2) is 8.69. The quantitative estimate of drug-likeness (QED) is 0.803. The average molecular weight is 405 g/mol. The zero-order valence-electron chi connectivity index (χ0n) is 14.7. The van der Waals surface area contributed by atoms with Crippen molar-refractivity contribution in [3.05, 3.63) is 71.3 Å². The smallest absolute Gasteiger partial charge is 0.244 e. The molecule has 1 unspecified atom stereocenters. The molecule has 1 fully saturated rings. The molecule has 0 aromatic heterocycles. The van der Waals surface area contributed by atoms with Gasteiger partial charge in [0.05, 0.1) is 4.90 Å². The standard InChI is InChI=1S/C20H21ClN2O3S/c21-17-10-12-18(13-11-17)27(25,26)23(19-9-4-14-22-20(19)24)15-5-8-16-6-2-1-3-7-16/h1-3,5-8,10-13,19H,4,9,14-15H2,(H,22,24)/b8-5+. The fourth-order valence-electron chi connectivity index (χ4n) is 3.02. The molecule has 2 aromatic rings. The summed E-state index contributed by atoms with van der Waals surface area (Å²) in [6.45, 7) is 0.683. The normalized spacial score (nSPS) is 18.0. The van der Waals surface area contributed by atoms with Crippen LogP contribution < -0.4 is 5.32 Å². The maximum absolute atomic E-state index is 13.2. The molecule has 1 N–H and O–H groups in total. The number of sulfonamides is 1. The van der Waals surface area contributed by atoms with E-state index >= 15 is 0 Å². The van der Waals surface area contributed by atoms with Gasteiger partial charge in [-0.15, -0.1) is 0 Å². The fraction of sp³-hybridized carbons (Fsp3) is 0.250. The highest BCUT2D eigenvalue weighted by Crippen LogP contribution is 2.23. The molecule has 1 saturated heterocycles. The first-order valence-electron chi connectivity index (χ1n) is 8.75. The molecule has 142 valence electrons. The molecular formula is C20H21ClN2O3S. The van der Waals surface area contributed by atoms with Crippen molar-refractivity contribution in [1.29, 1.82) is 0 Å². The van der Waals surface area contributed by atoms with E-state index in [-0.39, 0.29) is 17.3 Å². The molecule has 0 radical (unpaired) electrons. The molecular weight excluding hydrogens is 384 g/mol. The van der Waals surface area contributed by atoms with E-state index in [1.807, 2.05) is 36.4 Å². The Morgan fingerprint density at radius 1 is 1.11 bits per heavy atom. The number of nitrogens with one attached hydrogen (secondary N) is 1. The highest BCUT2D eigenvalue weighted by Gasteiger charge is 2.36. The Hall–Kier alpha value is -2.15. The van der Waals surface area contributed by atoms with Gasteiger partial charge >= 0.3 is 0 Å². The summed E-state index contributed by atoms with van der Waals surface area (Å²) in [4.78, 5) is 12.5. The first-order valence-corrected chi connectivity index (χ1v) is 10.6. The van der Waals surface area contributed by atoms with Crippen LogP contribution >= 0.6 is 11.6 Å². The summed E-state index contributed by atoms with van der Waals surface area (Å²) < 4.78 is 27.7. The van der Waals surface area contributed by atoms with E-state index in [1.165, 1.54) is 28.6 Å². The summed E-state index contributed by atoms with van der Waals surface area (Å²) in [5.74, 6) is -0.258. The van der Waals surface area contributed by atoms with E-state index < -0.39 is 16.1 Å². The van der Waals surface area contributed by atoms with Gasteiger partial charge in [0.2, 0.25) is 15.9 Å². The van der Waals surface area contributed by atoms with Gasteiger partial charge in [0, 0.05) is 18.1 Å². The highest BCUT2D eigenvalue weighted by molar-refractivity contribution is 7.89. The predicted molar refractivity (Wildman–Crippen MR) is 107 cm³/mol. The van der Waals surface area contributed by atoms with Crippen LogP contribution in [0.25, 0.3) is 6.08 Å².